The van der Waals surface area contributed by atoms with Crippen LogP contribution in [0.4, 0.5) is 0 Å². The number of carboxylic acid groups (broad SMARTS) is 1. The quantitative estimate of drug-likeness (QED) is 0.844. The Hall–Kier alpha value is -1.95. The largest absolute Gasteiger partial charge is 0.477 e. The van der Waals surface area contributed by atoms with Crippen molar-refractivity contribution in [2.75, 3.05) is 33.2 Å². The summed E-state index contributed by atoms with van der Waals surface area (Å²) in [6.45, 7) is 3.12. The van der Waals surface area contributed by atoms with Gasteiger partial charge in [0.25, 0.3) is 5.91 Å². The molecule has 102 valence electrons. The van der Waals surface area contributed by atoms with Crippen molar-refractivity contribution in [3.8, 4) is 0 Å². The molecule has 1 aliphatic heterocycles. The van der Waals surface area contributed by atoms with Gasteiger partial charge >= 0.3 is 5.97 Å². The first-order chi connectivity index (χ1) is 9.08. The van der Waals surface area contributed by atoms with Gasteiger partial charge in [0.15, 0.2) is 0 Å². The SMILES string of the molecule is CN1CCCN(C(=O)c2cccc(C(=O)O)n2)CC1. The van der Waals surface area contributed by atoms with Crippen LogP contribution in [0, 0.1) is 0 Å². The molecule has 1 amide bonds. The monoisotopic (exact) mass is 263 g/mol. The normalized spacial score (nSPS) is 17.0. The van der Waals surface area contributed by atoms with Crippen LogP contribution in [0.25, 0.3) is 0 Å². The summed E-state index contributed by atoms with van der Waals surface area (Å²) in [5, 5.41) is 8.89. The molecule has 1 saturated heterocycles. The number of hydrogen-bond acceptors (Lipinski definition) is 4. The molecule has 1 aromatic rings. The standard InChI is InChI=1S/C13H17N3O3/c1-15-6-3-7-16(9-8-15)12(17)10-4-2-5-11(14-10)13(18)19/h2,4-5H,3,6-9H2,1H3,(H,18,19). The van der Waals surface area contributed by atoms with Gasteiger partial charge < -0.3 is 14.9 Å². The first-order valence-electron chi connectivity index (χ1n) is 6.26. The minimum Gasteiger partial charge on any atom is -0.477 e. The lowest BCUT2D eigenvalue weighted by Gasteiger charge is -2.20. The highest BCUT2D eigenvalue weighted by Crippen LogP contribution is 2.08. The van der Waals surface area contributed by atoms with Gasteiger partial charge in [-0.1, -0.05) is 6.07 Å². The highest BCUT2D eigenvalue weighted by atomic mass is 16.4. The summed E-state index contributed by atoms with van der Waals surface area (Å²) in [6, 6.07) is 4.49. The summed E-state index contributed by atoms with van der Waals surface area (Å²) >= 11 is 0. The lowest BCUT2D eigenvalue weighted by Crippen LogP contribution is -2.35. The molecule has 1 fully saturated rings. The van der Waals surface area contributed by atoms with E-state index >= 15 is 0 Å². The van der Waals surface area contributed by atoms with Crippen LogP contribution in [0.5, 0.6) is 0 Å². The molecule has 0 radical (unpaired) electrons. The minimum absolute atomic E-state index is 0.0993. The van der Waals surface area contributed by atoms with Gasteiger partial charge in [-0.2, -0.15) is 0 Å². The molecular weight excluding hydrogens is 246 g/mol. The van der Waals surface area contributed by atoms with Gasteiger partial charge in [0.05, 0.1) is 0 Å². The number of carboxylic acids is 1. The molecule has 0 aliphatic carbocycles. The van der Waals surface area contributed by atoms with E-state index in [1.807, 2.05) is 7.05 Å². The van der Waals surface area contributed by atoms with Gasteiger partial charge in [-0.15, -0.1) is 0 Å². The maximum Gasteiger partial charge on any atom is 0.354 e. The van der Waals surface area contributed by atoms with E-state index in [0.29, 0.717) is 13.1 Å². The second-order valence-electron chi connectivity index (χ2n) is 4.66. The van der Waals surface area contributed by atoms with E-state index in [2.05, 4.69) is 9.88 Å². The van der Waals surface area contributed by atoms with E-state index in [4.69, 9.17) is 5.11 Å². The van der Waals surface area contributed by atoms with E-state index in [9.17, 15) is 9.59 Å². The molecule has 2 heterocycles. The smallest absolute Gasteiger partial charge is 0.354 e. The van der Waals surface area contributed by atoms with E-state index in [-0.39, 0.29) is 17.3 Å². The molecule has 0 saturated carbocycles. The summed E-state index contributed by atoms with van der Waals surface area (Å²) in [5.41, 5.74) is 0.0993. The highest BCUT2D eigenvalue weighted by Gasteiger charge is 2.20. The summed E-state index contributed by atoms with van der Waals surface area (Å²) in [7, 11) is 2.03. The van der Waals surface area contributed by atoms with Gasteiger partial charge in [0.2, 0.25) is 0 Å². The molecule has 0 unspecified atom stereocenters. The van der Waals surface area contributed by atoms with Crippen molar-refractivity contribution >= 4 is 11.9 Å². The molecule has 6 heteroatoms. The molecule has 1 aliphatic rings. The van der Waals surface area contributed by atoms with E-state index in [1.54, 1.807) is 17.0 Å². The van der Waals surface area contributed by atoms with Crippen molar-refractivity contribution in [1.29, 1.82) is 0 Å². The van der Waals surface area contributed by atoms with Crippen LogP contribution in [0.3, 0.4) is 0 Å². The first-order valence-corrected chi connectivity index (χ1v) is 6.26. The van der Waals surface area contributed by atoms with Crippen LogP contribution in [0.1, 0.15) is 27.4 Å². The second kappa shape index (κ2) is 5.79. The molecule has 1 aromatic heterocycles. The topological polar surface area (TPSA) is 73.7 Å². The number of aromatic nitrogens is 1. The summed E-state index contributed by atoms with van der Waals surface area (Å²) in [5.74, 6) is -1.32. The zero-order chi connectivity index (χ0) is 13.8. The van der Waals surface area contributed by atoms with Crippen molar-refractivity contribution in [2.45, 2.75) is 6.42 Å². The summed E-state index contributed by atoms with van der Waals surface area (Å²) < 4.78 is 0. The third-order valence-corrected chi connectivity index (χ3v) is 3.19. The third kappa shape index (κ3) is 3.29. The molecule has 6 nitrogen and oxygen atoms in total. The Bertz CT molecular complexity index is 490. The summed E-state index contributed by atoms with van der Waals surface area (Å²) in [6.07, 6.45) is 0.918. The van der Waals surface area contributed by atoms with Crippen molar-refractivity contribution in [1.82, 2.24) is 14.8 Å². The summed E-state index contributed by atoms with van der Waals surface area (Å²) in [4.78, 5) is 30.9. The van der Waals surface area contributed by atoms with Gasteiger partial charge in [-0.05, 0) is 32.1 Å². The maximum absolute atomic E-state index is 12.3. The average Bonchev–Trinajstić information content (AvgIpc) is 2.63. The molecule has 1 N–H and O–H groups in total. The lowest BCUT2D eigenvalue weighted by molar-refractivity contribution is 0.0690. The van der Waals surface area contributed by atoms with E-state index in [1.165, 1.54) is 6.07 Å². The number of nitrogens with zero attached hydrogens (tertiary/aromatic N) is 3. The van der Waals surface area contributed by atoms with Crippen molar-refractivity contribution in [3.63, 3.8) is 0 Å². The molecule has 0 bridgehead atoms. The van der Waals surface area contributed by atoms with E-state index in [0.717, 1.165) is 19.5 Å². The molecular formula is C13H17N3O3. The molecule has 0 atom stereocenters. The fourth-order valence-electron chi connectivity index (χ4n) is 2.08. The molecule has 2 rings (SSSR count). The molecule has 0 spiro atoms. The number of aromatic carboxylic acids is 1. The molecule has 0 aromatic carbocycles. The lowest BCUT2D eigenvalue weighted by atomic mass is 10.2. The number of rotatable bonds is 2. The van der Waals surface area contributed by atoms with Crippen molar-refractivity contribution in [2.24, 2.45) is 0 Å². The van der Waals surface area contributed by atoms with E-state index < -0.39 is 5.97 Å². The Morgan fingerprint density at radius 2 is 1.89 bits per heavy atom. The Kier molecular flexibility index (Phi) is 4.11. The number of hydrogen-bond donors (Lipinski definition) is 1. The Morgan fingerprint density at radius 3 is 2.63 bits per heavy atom. The highest BCUT2D eigenvalue weighted by molar-refractivity contribution is 5.94. The van der Waals surface area contributed by atoms with Crippen LogP contribution in [-0.4, -0.2) is 65.0 Å². The average molecular weight is 263 g/mol. The fourth-order valence-corrected chi connectivity index (χ4v) is 2.08. The van der Waals surface area contributed by atoms with Crippen LogP contribution in [0.15, 0.2) is 18.2 Å². The van der Waals surface area contributed by atoms with Crippen molar-refractivity contribution < 1.29 is 14.7 Å². The zero-order valence-corrected chi connectivity index (χ0v) is 10.9. The van der Waals surface area contributed by atoms with Gasteiger partial charge in [0, 0.05) is 19.6 Å². The number of amides is 1. The Morgan fingerprint density at radius 1 is 1.16 bits per heavy atom. The number of carbonyl (C=O) groups is 2. The van der Waals surface area contributed by atoms with Crippen LogP contribution in [0.2, 0.25) is 0 Å². The minimum atomic E-state index is -1.12. The molecule has 19 heavy (non-hydrogen) atoms. The maximum atomic E-state index is 12.3. The van der Waals surface area contributed by atoms with Crippen LogP contribution < -0.4 is 0 Å². The van der Waals surface area contributed by atoms with Crippen molar-refractivity contribution in [3.05, 3.63) is 29.6 Å². The third-order valence-electron chi connectivity index (χ3n) is 3.19. The number of pyridine rings is 1. The Labute approximate surface area is 111 Å². The van der Waals surface area contributed by atoms with Gasteiger partial charge in [-0.25, -0.2) is 9.78 Å². The second-order valence-corrected chi connectivity index (χ2v) is 4.66. The van der Waals surface area contributed by atoms with Gasteiger partial charge in [-0.3, -0.25) is 4.79 Å². The van der Waals surface area contributed by atoms with Crippen LogP contribution >= 0.6 is 0 Å². The number of carbonyl (C=O) groups excluding carboxylic acids is 1. The first kappa shape index (κ1) is 13.5. The van der Waals surface area contributed by atoms with Gasteiger partial charge in [0.1, 0.15) is 11.4 Å². The van der Waals surface area contributed by atoms with Crippen LogP contribution in [-0.2, 0) is 0 Å². The predicted octanol–water partition coefficient (Wildman–Crippen LogP) is 0.558. The Balaban J connectivity index is 2.14. The fraction of sp³-hybridized carbons (Fsp3) is 0.462. The predicted molar refractivity (Wildman–Crippen MR) is 69.2 cm³/mol. The number of likely N-dealkylation sites (N-methyl/N-ethyl adjacent to an activating group) is 1. The zero-order valence-electron chi connectivity index (χ0n) is 10.9.